The molecule has 106 valence electrons. The van der Waals surface area contributed by atoms with Crippen LogP contribution in [0.15, 0.2) is 0 Å². The molecule has 0 unspecified atom stereocenters. The molecule has 3 heteroatoms. The zero-order valence-electron chi connectivity index (χ0n) is 12.4. The van der Waals surface area contributed by atoms with Crippen LogP contribution in [0.4, 0.5) is 0 Å². The van der Waals surface area contributed by atoms with Crippen molar-refractivity contribution in [1.29, 1.82) is 0 Å². The van der Waals surface area contributed by atoms with Crippen LogP contribution in [0.25, 0.3) is 0 Å². The van der Waals surface area contributed by atoms with E-state index in [1.54, 1.807) is 13.8 Å². The van der Waals surface area contributed by atoms with Crippen molar-refractivity contribution in [2.45, 2.75) is 83.8 Å². The number of nitrogens with one attached hydrogen (secondary N) is 1. The molecule has 0 heterocycles. The highest BCUT2D eigenvalue weighted by Gasteiger charge is 2.37. The summed E-state index contributed by atoms with van der Waals surface area (Å²) >= 11 is 0. The first-order valence-corrected chi connectivity index (χ1v) is 7.28. The Labute approximate surface area is 111 Å². The second-order valence-electron chi connectivity index (χ2n) is 6.72. The maximum Gasteiger partial charge on any atom is 0.223 e. The standard InChI is InChI=1S/C15H29NO2/c1-14(2,15(3,4)18)16-13(17)12-10-8-6-5-7-9-11-12/h12,18H,5-11H2,1-4H3,(H,16,17). The van der Waals surface area contributed by atoms with Crippen molar-refractivity contribution in [2.24, 2.45) is 5.92 Å². The van der Waals surface area contributed by atoms with Gasteiger partial charge >= 0.3 is 0 Å². The second kappa shape index (κ2) is 6.05. The van der Waals surface area contributed by atoms with Gasteiger partial charge in [-0.2, -0.15) is 0 Å². The summed E-state index contributed by atoms with van der Waals surface area (Å²) in [5.74, 6) is 0.246. The first kappa shape index (κ1) is 15.5. The summed E-state index contributed by atoms with van der Waals surface area (Å²) in [6.07, 6.45) is 8.10. The summed E-state index contributed by atoms with van der Waals surface area (Å²) in [6, 6.07) is 0. The molecule has 1 aliphatic carbocycles. The number of amides is 1. The molecule has 0 aliphatic heterocycles. The predicted molar refractivity (Wildman–Crippen MR) is 74.3 cm³/mol. The van der Waals surface area contributed by atoms with Crippen molar-refractivity contribution in [1.82, 2.24) is 5.32 Å². The van der Waals surface area contributed by atoms with Crippen LogP contribution >= 0.6 is 0 Å². The van der Waals surface area contributed by atoms with Gasteiger partial charge in [0.15, 0.2) is 0 Å². The fourth-order valence-corrected chi connectivity index (χ4v) is 2.28. The van der Waals surface area contributed by atoms with E-state index in [0.717, 1.165) is 25.7 Å². The lowest BCUT2D eigenvalue weighted by Crippen LogP contribution is -2.58. The van der Waals surface area contributed by atoms with E-state index in [1.807, 2.05) is 13.8 Å². The average Bonchev–Trinajstić information content (AvgIpc) is 2.13. The van der Waals surface area contributed by atoms with Crippen molar-refractivity contribution in [2.75, 3.05) is 0 Å². The number of carbonyl (C=O) groups excluding carboxylic acids is 1. The number of hydrogen-bond acceptors (Lipinski definition) is 2. The van der Waals surface area contributed by atoms with E-state index >= 15 is 0 Å². The third kappa shape index (κ3) is 4.27. The zero-order chi connectivity index (χ0) is 13.8. The van der Waals surface area contributed by atoms with Crippen LogP contribution in [0.5, 0.6) is 0 Å². The SMILES string of the molecule is CC(C)(O)C(C)(C)NC(=O)C1CCCCCCC1. The number of aliphatic hydroxyl groups is 1. The summed E-state index contributed by atoms with van der Waals surface area (Å²) in [5, 5.41) is 13.1. The summed E-state index contributed by atoms with van der Waals surface area (Å²) in [4.78, 5) is 12.3. The van der Waals surface area contributed by atoms with Crippen LogP contribution in [0.2, 0.25) is 0 Å². The molecule has 0 aromatic rings. The quantitative estimate of drug-likeness (QED) is 0.814. The van der Waals surface area contributed by atoms with Gasteiger partial charge in [0, 0.05) is 5.92 Å². The molecule has 0 bridgehead atoms. The molecule has 0 radical (unpaired) electrons. The van der Waals surface area contributed by atoms with Gasteiger partial charge in [0.05, 0.1) is 11.1 Å². The number of hydrogen-bond donors (Lipinski definition) is 2. The molecule has 3 nitrogen and oxygen atoms in total. The third-order valence-electron chi connectivity index (χ3n) is 4.44. The fraction of sp³-hybridized carbons (Fsp3) is 0.933. The molecule has 1 fully saturated rings. The maximum atomic E-state index is 12.3. The van der Waals surface area contributed by atoms with E-state index < -0.39 is 11.1 Å². The van der Waals surface area contributed by atoms with Gasteiger partial charge in [0.25, 0.3) is 0 Å². The van der Waals surface area contributed by atoms with E-state index in [4.69, 9.17) is 0 Å². The van der Waals surface area contributed by atoms with Crippen LogP contribution < -0.4 is 5.32 Å². The smallest absolute Gasteiger partial charge is 0.223 e. The van der Waals surface area contributed by atoms with Crippen LogP contribution in [0.3, 0.4) is 0 Å². The zero-order valence-corrected chi connectivity index (χ0v) is 12.4. The number of carbonyl (C=O) groups is 1. The maximum absolute atomic E-state index is 12.3. The van der Waals surface area contributed by atoms with E-state index in [-0.39, 0.29) is 11.8 Å². The molecule has 0 atom stereocenters. The van der Waals surface area contributed by atoms with Crippen LogP contribution in [0, 0.1) is 5.92 Å². The Kier molecular flexibility index (Phi) is 5.20. The van der Waals surface area contributed by atoms with Gasteiger partial charge in [0.2, 0.25) is 5.91 Å². The Morgan fingerprint density at radius 2 is 1.44 bits per heavy atom. The normalized spacial score (nSPS) is 20.1. The molecule has 0 saturated heterocycles. The molecule has 1 rings (SSSR count). The van der Waals surface area contributed by atoms with Crippen molar-refractivity contribution in [3.63, 3.8) is 0 Å². The average molecular weight is 255 g/mol. The second-order valence-corrected chi connectivity index (χ2v) is 6.72. The van der Waals surface area contributed by atoms with Crippen LogP contribution in [-0.4, -0.2) is 22.2 Å². The Morgan fingerprint density at radius 1 is 1.00 bits per heavy atom. The summed E-state index contributed by atoms with van der Waals surface area (Å²) in [6.45, 7) is 7.25. The lowest BCUT2D eigenvalue weighted by Gasteiger charge is -2.39. The Morgan fingerprint density at radius 3 is 1.89 bits per heavy atom. The molecule has 1 aliphatic rings. The van der Waals surface area contributed by atoms with Crippen molar-refractivity contribution in [3.05, 3.63) is 0 Å². The van der Waals surface area contributed by atoms with Gasteiger partial charge in [-0.15, -0.1) is 0 Å². The van der Waals surface area contributed by atoms with Gasteiger partial charge < -0.3 is 10.4 Å². The minimum absolute atomic E-state index is 0.115. The topological polar surface area (TPSA) is 49.3 Å². The van der Waals surface area contributed by atoms with Gasteiger partial charge in [-0.1, -0.05) is 32.1 Å². The monoisotopic (exact) mass is 255 g/mol. The van der Waals surface area contributed by atoms with Gasteiger partial charge in [-0.05, 0) is 40.5 Å². The Bertz CT molecular complexity index is 271. The minimum Gasteiger partial charge on any atom is -0.388 e. The lowest BCUT2D eigenvalue weighted by atomic mass is 9.84. The summed E-state index contributed by atoms with van der Waals surface area (Å²) in [5.41, 5.74) is -1.50. The molecule has 2 N–H and O–H groups in total. The van der Waals surface area contributed by atoms with Crippen LogP contribution in [0.1, 0.15) is 72.6 Å². The van der Waals surface area contributed by atoms with Gasteiger partial charge in [-0.25, -0.2) is 0 Å². The summed E-state index contributed by atoms with van der Waals surface area (Å²) < 4.78 is 0. The van der Waals surface area contributed by atoms with E-state index in [0.29, 0.717) is 0 Å². The highest BCUT2D eigenvalue weighted by molar-refractivity contribution is 5.79. The largest absolute Gasteiger partial charge is 0.388 e. The molecule has 0 aromatic carbocycles. The first-order chi connectivity index (χ1) is 8.24. The van der Waals surface area contributed by atoms with E-state index in [1.165, 1.54) is 19.3 Å². The first-order valence-electron chi connectivity index (χ1n) is 7.28. The van der Waals surface area contributed by atoms with Crippen molar-refractivity contribution in [3.8, 4) is 0 Å². The van der Waals surface area contributed by atoms with Gasteiger partial charge in [0.1, 0.15) is 0 Å². The molecule has 0 aromatic heterocycles. The predicted octanol–water partition coefficient (Wildman–Crippen LogP) is 3.01. The van der Waals surface area contributed by atoms with E-state index in [9.17, 15) is 9.90 Å². The third-order valence-corrected chi connectivity index (χ3v) is 4.44. The minimum atomic E-state index is -0.912. The fourth-order valence-electron chi connectivity index (χ4n) is 2.28. The summed E-state index contributed by atoms with van der Waals surface area (Å²) in [7, 11) is 0. The molecule has 18 heavy (non-hydrogen) atoms. The van der Waals surface area contributed by atoms with Crippen LogP contribution in [-0.2, 0) is 4.79 Å². The molecule has 1 saturated carbocycles. The van der Waals surface area contributed by atoms with Crippen molar-refractivity contribution >= 4 is 5.91 Å². The molecule has 1 amide bonds. The molecular weight excluding hydrogens is 226 g/mol. The lowest BCUT2D eigenvalue weighted by molar-refractivity contribution is -0.130. The Balaban J connectivity index is 2.58. The highest BCUT2D eigenvalue weighted by Crippen LogP contribution is 2.25. The van der Waals surface area contributed by atoms with E-state index in [2.05, 4.69) is 5.32 Å². The highest BCUT2D eigenvalue weighted by atomic mass is 16.3. The Hall–Kier alpha value is -0.570. The molecule has 0 spiro atoms. The molecular formula is C15H29NO2. The van der Waals surface area contributed by atoms with Crippen molar-refractivity contribution < 1.29 is 9.90 Å². The van der Waals surface area contributed by atoms with Gasteiger partial charge in [-0.3, -0.25) is 4.79 Å². The number of rotatable bonds is 3.